The Labute approximate surface area is 162 Å². The largest absolute Gasteiger partial charge is 0.366 e. The molecular weight excluding hydrogens is 356 g/mol. The van der Waals surface area contributed by atoms with Crippen LogP contribution in [-0.4, -0.2) is 32.0 Å². The van der Waals surface area contributed by atoms with Gasteiger partial charge in [0, 0.05) is 11.1 Å². The van der Waals surface area contributed by atoms with Crippen LogP contribution in [0.3, 0.4) is 0 Å². The Morgan fingerprint density at radius 2 is 1.82 bits per heavy atom. The molecule has 8 heteroatoms. The van der Waals surface area contributed by atoms with E-state index < -0.39 is 5.91 Å². The zero-order valence-corrected chi connectivity index (χ0v) is 16.0. The molecule has 0 fully saturated rings. The first-order valence-electron chi connectivity index (χ1n) is 8.88. The second-order valence-corrected chi connectivity index (χ2v) is 6.72. The van der Waals surface area contributed by atoms with Gasteiger partial charge in [0.1, 0.15) is 6.54 Å². The van der Waals surface area contributed by atoms with Crippen molar-refractivity contribution in [2.45, 2.75) is 33.4 Å². The molecule has 28 heavy (non-hydrogen) atoms. The molecule has 0 aliphatic rings. The van der Waals surface area contributed by atoms with Gasteiger partial charge in [-0.3, -0.25) is 9.59 Å². The number of aromatic nitrogens is 4. The molecule has 1 atom stereocenters. The molecule has 0 bridgehead atoms. The summed E-state index contributed by atoms with van der Waals surface area (Å²) < 4.78 is 0. The van der Waals surface area contributed by atoms with Crippen molar-refractivity contribution in [1.29, 1.82) is 0 Å². The van der Waals surface area contributed by atoms with Gasteiger partial charge in [-0.2, -0.15) is 4.80 Å². The molecule has 2 amide bonds. The van der Waals surface area contributed by atoms with Gasteiger partial charge in [-0.05, 0) is 54.8 Å². The summed E-state index contributed by atoms with van der Waals surface area (Å²) >= 11 is 0. The number of carbonyl (C=O) groups excluding carboxylic acids is 2. The van der Waals surface area contributed by atoms with E-state index in [1.54, 1.807) is 24.3 Å². The van der Waals surface area contributed by atoms with Crippen LogP contribution in [-0.2, 0) is 11.3 Å². The molecule has 144 valence electrons. The quantitative estimate of drug-likeness (QED) is 0.680. The van der Waals surface area contributed by atoms with Gasteiger partial charge in [-0.15, -0.1) is 10.2 Å². The van der Waals surface area contributed by atoms with E-state index in [1.165, 1.54) is 15.9 Å². The average Bonchev–Trinajstić information content (AvgIpc) is 3.12. The number of rotatable bonds is 6. The molecule has 0 radical (unpaired) electrons. The van der Waals surface area contributed by atoms with Crippen molar-refractivity contribution in [2.24, 2.45) is 5.73 Å². The Hall–Kier alpha value is -3.55. The maximum Gasteiger partial charge on any atom is 0.248 e. The lowest BCUT2D eigenvalue weighted by Gasteiger charge is -2.15. The van der Waals surface area contributed by atoms with Crippen LogP contribution in [0.1, 0.15) is 40.0 Å². The van der Waals surface area contributed by atoms with Gasteiger partial charge in [-0.25, -0.2) is 0 Å². The lowest BCUT2D eigenvalue weighted by atomic mass is 10.0. The molecule has 0 unspecified atom stereocenters. The highest BCUT2D eigenvalue weighted by Gasteiger charge is 2.13. The normalized spacial score (nSPS) is 11.8. The fourth-order valence-corrected chi connectivity index (χ4v) is 2.74. The lowest BCUT2D eigenvalue weighted by molar-refractivity contribution is -0.122. The summed E-state index contributed by atoms with van der Waals surface area (Å²) in [5, 5.41) is 15.0. The van der Waals surface area contributed by atoms with E-state index in [4.69, 9.17) is 5.73 Å². The number of nitrogens with two attached hydrogens (primary N) is 1. The van der Waals surface area contributed by atoms with Crippen molar-refractivity contribution in [1.82, 2.24) is 25.5 Å². The summed E-state index contributed by atoms with van der Waals surface area (Å²) in [6.07, 6.45) is 0. The second kappa shape index (κ2) is 7.99. The van der Waals surface area contributed by atoms with Crippen LogP contribution in [0.5, 0.6) is 0 Å². The van der Waals surface area contributed by atoms with Crippen molar-refractivity contribution < 1.29 is 9.59 Å². The molecule has 3 rings (SSSR count). The summed E-state index contributed by atoms with van der Waals surface area (Å²) in [5.41, 5.74) is 9.74. The van der Waals surface area contributed by atoms with Crippen molar-refractivity contribution in [2.75, 3.05) is 0 Å². The summed E-state index contributed by atoms with van der Waals surface area (Å²) in [6.45, 7) is 5.99. The molecular formula is C20H22N6O2. The molecule has 0 aliphatic carbocycles. The van der Waals surface area contributed by atoms with Crippen LogP contribution < -0.4 is 11.1 Å². The third kappa shape index (κ3) is 4.40. The summed E-state index contributed by atoms with van der Waals surface area (Å²) in [4.78, 5) is 24.7. The van der Waals surface area contributed by atoms with E-state index in [9.17, 15) is 9.59 Å². The number of carbonyl (C=O) groups is 2. The Morgan fingerprint density at radius 3 is 2.46 bits per heavy atom. The number of hydrogen-bond donors (Lipinski definition) is 2. The monoisotopic (exact) mass is 378 g/mol. The van der Waals surface area contributed by atoms with E-state index in [1.807, 2.05) is 26.0 Å². The van der Waals surface area contributed by atoms with Crippen LogP contribution in [0.2, 0.25) is 0 Å². The highest BCUT2D eigenvalue weighted by molar-refractivity contribution is 5.93. The first-order valence-corrected chi connectivity index (χ1v) is 8.88. The fraction of sp³-hybridized carbons (Fsp3) is 0.250. The number of aryl methyl sites for hydroxylation is 2. The Kier molecular flexibility index (Phi) is 5.49. The molecule has 3 N–H and O–H groups in total. The van der Waals surface area contributed by atoms with Gasteiger partial charge < -0.3 is 11.1 Å². The van der Waals surface area contributed by atoms with Crippen molar-refractivity contribution in [3.05, 3.63) is 64.7 Å². The van der Waals surface area contributed by atoms with E-state index in [0.717, 1.165) is 5.56 Å². The molecule has 0 spiro atoms. The van der Waals surface area contributed by atoms with Crippen molar-refractivity contribution >= 4 is 11.8 Å². The average molecular weight is 378 g/mol. The Bertz CT molecular complexity index is 1010. The fourth-order valence-electron chi connectivity index (χ4n) is 2.74. The second-order valence-electron chi connectivity index (χ2n) is 6.72. The zero-order valence-electron chi connectivity index (χ0n) is 16.0. The number of primary amides is 1. The molecule has 0 saturated heterocycles. The third-order valence-corrected chi connectivity index (χ3v) is 4.57. The SMILES string of the molecule is Cc1ccc([C@H](C)NC(=O)Cn2nnc(-c3ccc(C(N)=O)cc3)n2)cc1C. The Balaban J connectivity index is 1.63. The van der Waals surface area contributed by atoms with Crippen LogP contribution >= 0.6 is 0 Å². The first kappa shape index (κ1) is 19.2. The van der Waals surface area contributed by atoms with Gasteiger partial charge in [-0.1, -0.05) is 30.3 Å². The predicted octanol–water partition coefficient (Wildman–Crippen LogP) is 1.93. The smallest absolute Gasteiger partial charge is 0.248 e. The van der Waals surface area contributed by atoms with Crippen LogP contribution in [0, 0.1) is 13.8 Å². The molecule has 0 aliphatic heterocycles. The molecule has 1 heterocycles. The third-order valence-electron chi connectivity index (χ3n) is 4.57. The van der Waals surface area contributed by atoms with E-state index in [-0.39, 0.29) is 18.5 Å². The molecule has 8 nitrogen and oxygen atoms in total. The molecule has 1 aromatic heterocycles. The molecule has 2 aromatic carbocycles. The molecule has 3 aromatic rings. The topological polar surface area (TPSA) is 116 Å². The lowest BCUT2D eigenvalue weighted by Crippen LogP contribution is -2.30. The van der Waals surface area contributed by atoms with Crippen LogP contribution in [0.15, 0.2) is 42.5 Å². The first-order chi connectivity index (χ1) is 13.3. The van der Waals surface area contributed by atoms with E-state index in [0.29, 0.717) is 17.0 Å². The van der Waals surface area contributed by atoms with E-state index >= 15 is 0 Å². The summed E-state index contributed by atoms with van der Waals surface area (Å²) in [6, 6.07) is 12.6. The highest BCUT2D eigenvalue weighted by Crippen LogP contribution is 2.17. The van der Waals surface area contributed by atoms with Gasteiger partial charge in [0.25, 0.3) is 0 Å². The van der Waals surface area contributed by atoms with Gasteiger partial charge in [0.05, 0.1) is 6.04 Å². The van der Waals surface area contributed by atoms with E-state index in [2.05, 4.69) is 33.7 Å². The number of nitrogens with one attached hydrogen (secondary N) is 1. The Morgan fingerprint density at radius 1 is 1.11 bits per heavy atom. The summed E-state index contributed by atoms with van der Waals surface area (Å²) in [7, 11) is 0. The molecule has 0 saturated carbocycles. The summed E-state index contributed by atoms with van der Waals surface area (Å²) in [5.74, 6) is -0.345. The van der Waals surface area contributed by atoms with Crippen molar-refractivity contribution in [3.8, 4) is 11.4 Å². The zero-order chi connectivity index (χ0) is 20.3. The number of tetrazole rings is 1. The number of nitrogens with zero attached hydrogens (tertiary/aromatic N) is 4. The van der Waals surface area contributed by atoms with Crippen molar-refractivity contribution in [3.63, 3.8) is 0 Å². The minimum absolute atomic E-state index is 0.0401. The predicted molar refractivity (Wildman–Crippen MR) is 104 cm³/mol. The van der Waals surface area contributed by atoms with Crippen LogP contribution in [0.25, 0.3) is 11.4 Å². The van der Waals surface area contributed by atoms with Crippen LogP contribution in [0.4, 0.5) is 0 Å². The number of hydrogen-bond acceptors (Lipinski definition) is 5. The maximum absolute atomic E-state index is 12.3. The number of benzene rings is 2. The highest BCUT2D eigenvalue weighted by atomic mass is 16.2. The number of amides is 2. The standard InChI is InChI=1S/C20H22N6O2/c1-12-4-5-17(10-13(12)2)14(3)22-18(27)11-26-24-20(23-25-26)16-8-6-15(7-9-16)19(21)28/h4-10,14H,11H2,1-3H3,(H2,21,28)(H,22,27)/t14-/m0/s1. The van der Waals surface area contributed by atoms with Gasteiger partial charge in [0.15, 0.2) is 0 Å². The maximum atomic E-state index is 12.3. The minimum atomic E-state index is -0.502. The van der Waals surface area contributed by atoms with Gasteiger partial charge >= 0.3 is 0 Å². The minimum Gasteiger partial charge on any atom is -0.366 e. The van der Waals surface area contributed by atoms with Gasteiger partial charge in [0.2, 0.25) is 17.6 Å².